The van der Waals surface area contributed by atoms with Crippen molar-refractivity contribution in [3.05, 3.63) is 34.9 Å². The molecule has 1 saturated heterocycles. The Morgan fingerprint density at radius 2 is 1.92 bits per heavy atom. The van der Waals surface area contributed by atoms with E-state index in [0.29, 0.717) is 13.0 Å². The van der Waals surface area contributed by atoms with Gasteiger partial charge < -0.3 is 10.2 Å². The molecule has 2 aliphatic rings. The number of hydrogen-bond acceptors (Lipinski definition) is 2. The molecule has 1 heterocycles. The summed E-state index contributed by atoms with van der Waals surface area (Å²) in [5.41, 5.74) is 0.812. The summed E-state index contributed by atoms with van der Waals surface area (Å²) < 4.78 is 0. The lowest BCUT2D eigenvalue weighted by molar-refractivity contribution is -0.132. The minimum absolute atomic E-state index is 0.0153. The van der Waals surface area contributed by atoms with Gasteiger partial charge in [0, 0.05) is 29.1 Å². The van der Waals surface area contributed by atoms with Gasteiger partial charge in [-0.25, -0.2) is 0 Å². The van der Waals surface area contributed by atoms with Crippen LogP contribution in [0.1, 0.15) is 45.6 Å². The lowest BCUT2D eigenvalue weighted by Crippen LogP contribution is -2.45. The molecular weight excluding hydrogens is 324 g/mol. The van der Waals surface area contributed by atoms with Crippen LogP contribution in [-0.2, 0) is 16.0 Å². The minimum Gasteiger partial charge on any atom is -0.350 e. The van der Waals surface area contributed by atoms with Crippen molar-refractivity contribution in [1.82, 2.24) is 10.2 Å². The van der Waals surface area contributed by atoms with Crippen molar-refractivity contribution in [2.45, 2.75) is 57.5 Å². The van der Waals surface area contributed by atoms with E-state index in [9.17, 15) is 9.59 Å². The highest BCUT2D eigenvalue weighted by atomic mass is 35.5. The third kappa shape index (κ3) is 3.75. The molecule has 0 spiro atoms. The summed E-state index contributed by atoms with van der Waals surface area (Å²) in [6.45, 7) is 6.54. The minimum atomic E-state index is -0.237. The van der Waals surface area contributed by atoms with Gasteiger partial charge in [0.15, 0.2) is 0 Å². The van der Waals surface area contributed by atoms with Gasteiger partial charge in [-0.2, -0.15) is 0 Å². The number of carbonyl (C=O) groups excluding carboxylic acids is 2. The van der Waals surface area contributed by atoms with Gasteiger partial charge in [0.25, 0.3) is 0 Å². The smallest absolute Gasteiger partial charge is 0.225 e. The van der Waals surface area contributed by atoms with Crippen LogP contribution < -0.4 is 5.32 Å². The van der Waals surface area contributed by atoms with Gasteiger partial charge in [-0.3, -0.25) is 9.59 Å². The first-order valence-corrected chi connectivity index (χ1v) is 8.93. The summed E-state index contributed by atoms with van der Waals surface area (Å²) in [5, 5.41) is 3.94. The van der Waals surface area contributed by atoms with Crippen molar-refractivity contribution in [2.75, 3.05) is 6.54 Å². The Kier molecular flexibility index (Phi) is 4.37. The van der Waals surface area contributed by atoms with Crippen molar-refractivity contribution in [2.24, 2.45) is 5.92 Å². The molecule has 24 heavy (non-hydrogen) atoms. The van der Waals surface area contributed by atoms with Gasteiger partial charge in [0.05, 0.1) is 5.92 Å². The Morgan fingerprint density at radius 3 is 2.42 bits per heavy atom. The number of carbonyl (C=O) groups is 2. The van der Waals surface area contributed by atoms with Gasteiger partial charge >= 0.3 is 0 Å². The molecule has 130 valence electrons. The maximum atomic E-state index is 12.7. The van der Waals surface area contributed by atoms with E-state index in [1.165, 1.54) is 5.56 Å². The fourth-order valence-corrected chi connectivity index (χ4v) is 3.51. The number of likely N-dealkylation sites (tertiary alicyclic amines) is 1. The molecular formula is C19H25ClN2O2. The Bertz CT molecular complexity index is 644. The average molecular weight is 349 g/mol. The number of rotatable bonds is 4. The molecule has 0 unspecified atom stereocenters. The summed E-state index contributed by atoms with van der Waals surface area (Å²) in [7, 11) is 0. The van der Waals surface area contributed by atoms with Crippen molar-refractivity contribution in [3.63, 3.8) is 0 Å². The van der Waals surface area contributed by atoms with Crippen molar-refractivity contribution in [1.29, 1.82) is 0 Å². The predicted molar refractivity (Wildman–Crippen MR) is 94.8 cm³/mol. The number of amides is 2. The molecule has 1 N–H and O–H groups in total. The number of benzene rings is 1. The second-order valence-electron chi connectivity index (χ2n) is 8.15. The summed E-state index contributed by atoms with van der Waals surface area (Å²) in [4.78, 5) is 26.6. The fourth-order valence-electron chi connectivity index (χ4n) is 3.38. The Hall–Kier alpha value is -1.55. The van der Waals surface area contributed by atoms with E-state index in [2.05, 4.69) is 5.32 Å². The fraction of sp³-hybridized carbons (Fsp3) is 0.579. The van der Waals surface area contributed by atoms with Crippen LogP contribution >= 0.6 is 11.6 Å². The highest BCUT2D eigenvalue weighted by Gasteiger charge is 2.47. The second kappa shape index (κ2) is 6.07. The molecule has 2 fully saturated rings. The lowest BCUT2D eigenvalue weighted by atomic mass is 10.0. The van der Waals surface area contributed by atoms with Gasteiger partial charge in [0.2, 0.25) is 11.8 Å². The molecule has 1 saturated carbocycles. The van der Waals surface area contributed by atoms with E-state index in [1.807, 2.05) is 49.9 Å². The first kappa shape index (κ1) is 17.3. The highest BCUT2D eigenvalue weighted by Crippen LogP contribution is 2.39. The zero-order valence-corrected chi connectivity index (χ0v) is 15.3. The van der Waals surface area contributed by atoms with Crippen LogP contribution in [0, 0.1) is 5.92 Å². The van der Waals surface area contributed by atoms with Gasteiger partial charge in [-0.15, -0.1) is 0 Å². The molecule has 1 aromatic rings. The SMILES string of the molecule is CC(C)(C)N1C[C@@H](C(=O)NC2(Cc3ccc(Cl)cc3)CC2)CC1=O. The predicted octanol–water partition coefficient (Wildman–Crippen LogP) is 3.18. The van der Waals surface area contributed by atoms with Crippen molar-refractivity contribution < 1.29 is 9.59 Å². The molecule has 0 aromatic heterocycles. The number of nitrogens with one attached hydrogen (secondary N) is 1. The van der Waals surface area contributed by atoms with E-state index in [1.54, 1.807) is 0 Å². The van der Waals surface area contributed by atoms with Crippen molar-refractivity contribution in [3.8, 4) is 0 Å². The maximum Gasteiger partial charge on any atom is 0.225 e. The summed E-state index contributed by atoms with van der Waals surface area (Å²) >= 11 is 5.93. The van der Waals surface area contributed by atoms with E-state index in [-0.39, 0.29) is 28.8 Å². The summed E-state index contributed by atoms with van der Waals surface area (Å²) in [6.07, 6.45) is 3.12. The monoisotopic (exact) mass is 348 g/mol. The molecule has 1 aliphatic heterocycles. The van der Waals surface area contributed by atoms with E-state index in [4.69, 9.17) is 11.6 Å². The molecule has 1 atom stereocenters. The third-order valence-electron chi connectivity index (χ3n) is 5.00. The normalized spacial score (nSPS) is 22.6. The Balaban J connectivity index is 1.61. The van der Waals surface area contributed by atoms with Crippen LogP contribution in [-0.4, -0.2) is 34.3 Å². The average Bonchev–Trinajstić information content (AvgIpc) is 3.10. The van der Waals surface area contributed by atoms with Gasteiger partial charge in [0.1, 0.15) is 0 Å². The molecule has 2 amide bonds. The molecule has 5 heteroatoms. The molecule has 0 bridgehead atoms. The van der Waals surface area contributed by atoms with Crippen LogP contribution in [0.5, 0.6) is 0 Å². The third-order valence-corrected chi connectivity index (χ3v) is 5.26. The molecule has 4 nitrogen and oxygen atoms in total. The van der Waals surface area contributed by atoms with E-state index >= 15 is 0 Å². The van der Waals surface area contributed by atoms with Crippen LogP contribution in [0.4, 0.5) is 0 Å². The second-order valence-corrected chi connectivity index (χ2v) is 8.59. The molecule has 3 rings (SSSR count). The number of hydrogen-bond donors (Lipinski definition) is 1. The van der Waals surface area contributed by atoms with Crippen LogP contribution in [0.3, 0.4) is 0 Å². The lowest BCUT2D eigenvalue weighted by Gasteiger charge is -2.32. The maximum absolute atomic E-state index is 12.7. The summed E-state index contributed by atoms with van der Waals surface area (Å²) in [6, 6.07) is 7.78. The quantitative estimate of drug-likeness (QED) is 0.908. The first-order valence-electron chi connectivity index (χ1n) is 8.55. The van der Waals surface area contributed by atoms with Crippen LogP contribution in [0.2, 0.25) is 5.02 Å². The van der Waals surface area contributed by atoms with Crippen LogP contribution in [0.15, 0.2) is 24.3 Å². The summed E-state index contributed by atoms with van der Waals surface area (Å²) in [5.74, 6) is -0.147. The Labute approximate surface area is 148 Å². The molecule has 0 radical (unpaired) electrons. The molecule has 1 aromatic carbocycles. The number of halogens is 1. The largest absolute Gasteiger partial charge is 0.350 e. The van der Waals surface area contributed by atoms with E-state index in [0.717, 1.165) is 24.3 Å². The van der Waals surface area contributed by atoms with Crippen LogP contribution in [0.25, 0.3) is 0 Å². The standard InChI is InChI=1S/C19H25ClN2O2/c1-18(2,3)22-12-14(10-16(22)23)17(24)21-19(8-9-19)11-13-4-6-15(20)7-5-13/h4-7,14H,8-12H2,1-3H3,(H,21,24)/t14-/m0/s1. The van der Waals surface area contributed by atoms with Gasteiger partial charge in [-0.05, 0) is 57.7 Å². The van der Waals surface area contributed by atoms with Crippen molar-refractivity contribution >= 4 is 23.4 Å². The topological polar surface area (TPSA) is 49.4 Å². The Morgan fingerprint density at radius 1 is 1.29 bits per heavy atom. The zero-order chi connectivity index (χ0) is 17.5. The van der Waals surface area contributed by atoms with Gasteiger partial charge in [-0.1, -0.05) is 23.7 Å². The first-order chi connectivity index (χ1) is 11.2. The zero-order valence-electron chi connectivity index (χ0n) is 14.6. The molecule has 1 aliphatic carbocycles. The van der Waals surface area contributed by atoms with E-state index < -0.39 is 0 Å². The number of nitrogens with zero attached hydrogens (tertiary/aromatic N) is 1. The highest BCUT2D eigenvalue weighted by molar-refractivity contribution is 6.30.